The SMILES string of the molecule is CCCCCCCOc1ccc(CO)c(C)n1. The molecule has 0 unspecified atom stereocenters. The highest BCUT2D eigenvalue weighted by Crippen LogP contribution is 2.13. The van der Waals surface area contributed by atoms with Crippen LogP contribution in [0.25, 0.3) is 0 Å². The van der Waals surface area contributed by atoms with Gasteiger partial charge in [-0.3, -0.25) is 0 Å². The van der Waals surface area contributed by atoms with Crippen LogP contribution in [0.1, 0.15) is 50.3 Å². The number of aliphatic hydroxyl groups excluding tert-OH is 1. The Kier molecular flexibility index (Phi) is 6.63. The van der Waals surface area contributed by atoms with Gasteiger partial charge in [-0.05, 0) is 25.0 Å². The first-order chi connectivity index (χ1) is 8.27. The Hall–Kier alpha value is -1.09. The van der Waals surface area contributed by atoms with E-state index in [9.17, 15) is 0 Å². The molecule has 17 heavy (non-hydrogen) atoms. The monoisotopic (exact) mass is 237 g/mol. The molecule has 1 aromatic rings. The summed E-state index contributed by atoms with van der Waals surface area (Å²) in [6.07, 6.45) is 6.17. The van der Waals surface area contributed by atoms with Gasteiger partial charge >= 0.3 is 0 Å². The average Bonchev–Trinajstić information content (AvgIpc) is 2.34. The molecule has 3 heteroatoms. The zero-order chi connectivity index (χ0) is 12.5. The molecule has 1 heterocycles. The number of ether oxygens (including phenoxy) is 1. The molecule has 0 aliphatic heterocycles. The van der Waals surface area contributed by atoms with Crippen molar-refractivity contribution in [3.8, 4) is 5.88 Å². The Morgan fingerprint density at radius 3 is 2.59 bits per heavy atom. The molecule has 0 saturated heterocycles. The fourth-order valence-electron chi connectivity index (χ4n) is 1.70. The molecule has 3 nitrogen and oxygen atoms in total. The molecule has 1 N–H and O–H groups in total. The third-order valence-corrected chi connectivity index (χ3v) is 2.84. The van der Waals surface area contributed by atoms with E-state index in [0.717, 1.165) is 24.3 Å². The van der Waals surface area contributed by atoms with Crippen LogP contribution in [0.2, 0.25) is 0 Å². The predicted octanol–water partition coefficient (Wildman–Crippen LogP) is 3.23. The van der Waals surface area contributed by atoms with Crippen molar-refractivity contribution in [2.75, 3.05) is 6.61 Å². The second kappa shape index (κ2) is 8.07. The van der Waals surface area contributed by atoms with Gasteiger partial charge in [-0.1, -0.05) is 32.6 Å². The van der Waals surface area contributed by atoms with E-state index in [0.29, 0.717) is 5.88 Å². The van der Waals surface area contributed by atoms with Gasteiger partial charge in [0, 0.05) is 11.8 Å². The van der Waals surface area contributed by atoms with Crippen LogP contribution in [-0.4, -0.2) is 16.7 Å². The van der Waals surface area contributed by atoms with Crippen molar-refractivity contribution < 1.29 is 9.84 Å². The summed E-state index contributed by atoms with van der Waals surface area (Å²) in [4.78, 5) is 4.30. The summed E-state index contributed by atoms with van der Waals surface area (Å²) >= 11 is 0. The van der Waals surface area contributed by atoms with Gasteiger partial charge in [0.15, 0.2) is 0 Å². The Morgan fingerprint density at radius 1 is 1.18 bits per heavy atom. The molecule has 1 aromatic heterocycles. The van der Waals surface area contributed by atoms with Gasteiger partial charge in [-0.15, -0.1) is 0 Å². The van der Waals surface area contributed by atoms with Crippen LogP contribution in [0.15, 0.2) is 12.1 Å². The number of hydrogen-bond donors (Lipinski definition) is 1. The number of unbranched alkanes of at least 4 members (excludes halogenated alkanes) is 4. The number of pyridine rings is 1. The summed E-state index contributed by atoms with van der Waals surface area (Å²) in [6, 6.07) is 3.69. The van der Waals surface area contributed by atoms with Crippen LogP contribution >= 0.6 is 0 Å². The summed E-state index contributed by atoms with van der Waals surface area (Å²) < 4.78 is 5.57. The van der Waals surface area contributed by atoms with E-state index >= 15 is 0 Å². The maximum atomic E-state index is 9.03. The molecule has 0 bridgehead atoms. The van der Waals surface area contributed by atoms with Gasteiger partial charge in [-0.25, -0.2) is 4.98 Å². The molecule has 0 fully saturated rings. The van der Waals surface area contributed by atoms with Crippen molar-refractivity contribution in [1.82, 2.24) is 4.98 Å². The van der Waals surface area contributed by atoms with Gasteiger partial charge in [0.25, 0.3) is 0 Å². The van der Waals surface area contributed by atoms with E-state index in [1.807, 2.05) is 19.1 Å². The normalized spacial score (nSPS) is 10.5. The van der Waals surface area contributed by atoms with Crippen molar-refractivity contribution in [3.05, 3.63) is 23.4 Å². The lowest BCUT2D eigenvalue weighted by molar-refractivity contribution is 0.276. The second-order valence-corrected chi connectivity index (χ2v) is 4.31. The Morgan fingerprint density at radius 2 is 1.94 bits per heavy atom. The standard InChI is InChI=1S/C14H23NO2/c1-3-4-5-6-7-10-17-14-9-8-13(11-16)12(2)15-14/h8-9,16H,3-7,10-11H2,1-2H3. The summed E-state index contributed by atoms with van der Waals surface area (Å²) in [5, 5.41) is 9.03. The summed E-state index contributed by atoms with van der Waals surface area (Å²) in [5.74, 6) is 0.662. The van der Waals surface area contributed by atoms with Crippen LogP contribution in [0, 0.1) is 6.92 Å². The zero-order valence-corrected chi connectivity index (χ0v) is 10.9. The van der Waals surface area contributed by atoms with Crippen LogP contribution in [0.4, 0.5) is 0 Å². The largest absolute Gasteiger partial charge is 0.478 e. The molecule has 0 atom stereocenters. The number of nitrogens with zero attached hydrogens (tertiary/aromatic N) is 1. The minimum atomic E-state index is 0.0378. The van der Waals surface area contributed by atoms with E-state index in [2.05, 4.69) is 11.9 Å². The molecule has 0 aliphatic rings. The Balaban J connectivity index is 2.25. The average molecular weight is 237 g/mol. The molecule has 0 radical (unpaired) electrons. The third-order valence-electron chi connectivity index (χ3n) is 2.84. The van der Waals surface area contributed by atoms with Crippen molar-refractivity contribution in [2.45, 2.75) is 52.6 Å². The smallest absolute Gasteiger partial charge is 0.213 e. The third kappa shape index (κ3) is 5.18. The van der Waals surface area contributed by atoms with Crippen molar-refractivity contribution in [3.63, 3.8) is 0 Å². The predicted molar refractivity (Wildman–Crippen MR) is 69.2 cm³/mol. The summed E-state index contributed by atoms with van der Waals surface area (Å²) in [7, 11) is 0. The maximum Gasteiger partial charge on any atom is 0.213 e. The van der Waals surface area contributed by atoms with Gasteiger partial charge in [0.2, 0.25) is 5.88 Å². The van der Waals surface area contributed by atoms with Gasteiger partial charge < -0.3 is 9.84 Å². The lowest BCUT2D eigenvalue weighted by atomic mass is 10.2. The first-order valence-corrected chi connectivity index (χ1v) is 6.48. The fraction of sp³-hybridized carbons (Fsp3) is 0.643. The highest BCUT2D eigenvalue weighted by Gasteiger charge is 2.01. The molecule has 0 spiro atoms. The van der Waals surface area contributed by atoms with E-state index in [-0.39, 0.29) is 6.61 Å². The van der Waals surface area contributed by atoms with Crippen LogP contribution in [-0.2, 0) is 6.61 Å². The van der Waals surface area contributed by atoms with E-state index in [4.69, 9.17) is 9.84 Å². The number of rotatable bonds is 8. The molecular formula is C14H23NO2. The zero-order valence-electron chi connectivity index (χ0n) is 10.9. The molecule has 96 valence electrons. The molecule has 0 saturated carbocycles. The second-order valence-electron chi connectivity index (χ2n) is 4.31. The van der Waals surface area contributed by atoms with Gasteiger partial charge in [0.1, 0.15) is 0 Å². The van der Waals surface area contributed by atoms with Crippen LogP contribution in [0.5, 0.6) is 5.88 Å². The Labute approximate surface area is 104 Å². The Bertz CT molecular complexity index is 326. The fourth-order valence-corrected chi connectivity index (χ4v) is 1.70. The van der Waals surface area contributed by atoms with Crippen LogP contribution in [0.3, 0.4) is 0 Å². The number of aliphatic hydroxyl groups is 1. The lowest BCUT2D eigenvalue weighted by Gasteiger charge is -2.07. The lowest BCUT2D eigenvalue weighted by Crippen LogP contribution is -2.01. The topological polar surface area (TPSA) is 42.4 Å². The highest BCUT2D eigenvalue weighted by atomic mass is 16.5. The van der Waals surface area contributed by atoms with Gasteiger partial charge in [-0.2, -0.15) is 0 Å². The quantitative estimate of drug-likeness (QED) is 0.706. The van der Waals surface area contributed by atoms with Crippen molar-refractivity contribution in [1.29, 1.82) is 0 Å². The van der Waals surface area contributed by atoms with E-state index < -0.39 is 0 Å². The molecule has 0 aromatic carbocycles. The molecule has 0 amide bonds. The highest BCUT2D eigenvalue weighted by molar-refractivity contribution is 5.24. The minimum absolute atomic E-state index is 0.0378. The van der Waals surface area contributed by atoms with Crippen LogP contribution < -0.4 is 4.74 Å². The number of aryl methyl sites for hydroxylation is 1. The minimum Gasteiger partial charge on any atom is -0.478 e. The first-order valence-electron chi connectivity index (χ1n) is 6.48. The number of aromatic nitrogens is 1. The van der Waals surface area contributed by atoms with Crippen molar-refractivity contribution in [2.24, 2.45) is 0 Å². The molecule has 0 aliphatic carbocycles. The first kappa shape index (κ1) is 14.0. The van der Waals surface area contributed by atoms with Gasteiger partial charge in [0.05, 0.1) is 13.2 Å². The van der Waals surface area contributed by atoms with E-state index in [1.54, 1.807) is 0 Å². The maximum absolute atomic E-state index is 9.03. The summed E-state index contributed by atoms with van der Waals surface area (Å²) in [6.45, 7) is 4.87. The molecule has 1 rings (SSSR count). The number of hydrogen-bond acceptors (Lipinski definition) is 3. The van der Waals surface area contributed by atoms with E-state index in [1.165, 1.54) is 25.7 Å². The van der Waals surface area contributed by atoms with Crippen molar-refractivity contribution >= 4 is 0 Å². The summed E-state index contributed by atoms with van der Waals surface area (Å²) in [5.41, 5.74) is 1.70. The molecular weight excluding hydrogens is 214 g/mol.